The van der Waals surface area contributed by atoms with Crippen LogP contribution in [0.15, 0.2) is 0 Å². The maximum atomic E-state index is 10.6. The van der Waals surface area contributed by atoms with Gasteiger partial charge >= 0.3 is 5.97 Å². The minimum absolute atomic E-state index is 0.138. The van der Waals surface area contributed by atoms with Crippen LogP contribution >= 0.6 is 0 Å². The van der Waals surface area contributed by atoms with Crippen LogP contribution in [0.3, 0.4) is 0 Å². The minimum atomic E-state index is -0.255. The Morgan fingerprint density at radius 3 is 3.00 bits per heavy atom. The van der Waals surface area contributed by atoms with Gasteiger partial charge < -0.3 is 10.5 Å². The summed E-state index contributed by atoms with van der Waals surface area (Å²) in [5.74, 6) is -0.255. The van der Waals surface area contributed by atoms with Gasteiger partial charge in [0.25, 0.3) is 0 Å². The topological polar surface area (TPSA) is 64.3 Å². The summed E-state index contributed by atoms with van der Waals surface area (Å²) < 4.78 is 4.98. The summed E-state index contributed by atoms with van der Waals surface area (Å²) in [4.78, 5) is 10.6. The highest BCUT2D eigenvalue weighted by Crippen LogP contribution is 2.09. The number of nitrogens with one attached hydrogen (secondary N) is 1. The first-order valence-corrected chi connectivity index (χ1v) is 3.86. The minimum Gasteiger partial charge on any atom is -0.459 e. The van der Waals surface area contributed by atoms with Crippen molar-refractivity contribution in [2.75, 3.05) is 6.54 Å². The normalized spacial score (nSPS) is 31.5. The largest absolute Gasteiger partial charge is 0.459 e. The molecule has 0 radical (unpaired) electrons. The van der Waals surface area contributed by atoms with Gasteiger partial charge in [0.1, 0.15) is 6.10 Å². The molecule has 4 nitrogen and oxygen atoms in total. The van der Waals surface area contributed by atoms with E-state index in [2.05, 4.69) is 5.32 Å². The molecule has 1 heterocycles. The number of esters is 1. The fourth-order valence-electron chi connectivity index (χ4n) is 1.23. The van der Waals surface area contributed by atoms with Crippen LogP contribution < -0.4 is 11.1 Å². The van der Waals surface area contributed by atoms with E-state index in [-0.39, 0.29) is 18.2 Å². The molecule has 1 aliphatic heterocycles. The number of rotatable bonds is 1. The highest BCUT2D eigenvalue weighted by Gasteiger charge is 2.23. The lowest BCUT2D eigenvalue weighted by Crippen LogP contribution is -2.52. The Labute approximate surface area is 66.1 Å². The molecule has 0 aromatic carbocycles. The highest BCUT2D eigenvalue weighted by molar-refractivity contribution is 5.66. The highest BCUT2D eigenvalue weighted by atomic mass is 16.5. The van der Waals surface area contributed by atoms with Crippen LogP contribution in [0.25, 0.3) is 0 Å². The van der Waals surface area contributed by atoms with Gasteiger partial charge in [0, 0.05) is 6.92 Å². The second-order valence-corrected chi connectivity index (χ2v) is 2.77. The van der Waals surface area contributed by atoms with Gasteiger partial charge in [0.2, 0.25) is 0 Å². The molecule has 11 heavy (non-hydrogen) atoms. The molecule has 0 saturated carbocycles. The zero-order valence-electron chi connectivity index (χ0n) is 6.67. The maximum absolute atomic E-state index is 10.6. The van der Waals surface area contributed by atoms with E-state index in [4.69, 9.17) is 10.5 Å². The standard InChI is InChI=1S/C7H14N2O2/c1-5(10)11-6-3-2-4-9-7(6)8/h6-7,9H,2-4,8H2,1H3/t6-,7+/m0/s1. The summed E-state index contributed by atoms with van der Waals surface area (Å²) in [7, 11) is 0. The molecule has 0 aromatic heterocycles. The summed E-state index contributed by atoms with van der Waals surface area (Å²) in [6, 6.07) is 0. The van der Waals surface area contributed by atoms with Crippen molar-refractivity contribution in [1.29, 1.82) is 0 Å². The van der Waals surface area contributed by atoms with Crippen LogP contribution in [0, 0.1) is 0 Å². The molecule has 0 aromatic rings. The number of carbonyl (C=O) groups is 1. The lowest BCUT2D eigenvalue weighted by atomic mass is 10.1. The lowest BCUT2D eigenvalue weighted by Gasteiger charge is -2.28. The smallest absolute Gasteiger partial charge is 0.303 e. The number of hydrogen-bond donors (Lipinski definition) is 2. The Kier molecular flexibility index (Phi) is 2.84. The molecule has 0 bridgehead atoms. The third-order valence-corrected chi connectivity index (χ3v) is 1.76. The summed E-state index contributed by atoms with van der Waals surface area (Å²) >= 11 is 0. The van der Waals surface area contributed by atoms with Crippen LogP contribution in [0.4, 0.5) is 0 Å². The van der Waals surface area contributed by atoms with Gasteiger partial charge in [0.15, 0.2) is 0 Å². The van der Waals surface area contributed by atoms with Gasteiger partial charge in [-0.3, -0.25) is 10.1 Å². The molecular formula is C7H14N2O2. The second kappa shape index (κ2) is 3.69. The number of ether oxygens (including phenoxy) is 1. The molecule has 64 valence electrons. The summed E-state index contributed by atoms with van der Waals surface area (Å²) in [6.45, 7) is 2.32. The monoisotopic (exact) mass is 158 g/mol. The molecule has 4 heteroatoms. The Hall–Kier alpha value is -0.610. The first-order chi connectivity index (χ1) is 5.20. The Morgan fingerprint density at radius 2 is 2.45 bits per heavy atom. The second-order valence-electron chi connectivity index (χ2n) is 2.77. The summed E-state index contributed by atoms with van der Waals surface area (Å²) in [6.07, 6.45) is 1.56. The number of hydrogen-bond acceptors (Lipinski definition) is 4. The maximum Gasteiger partial charge on any atom is 0.303 e. The van der Waals surface area contributed by atoms with Crippen LogP contribution in [0.5, 0.6) is 0 Å². The first-order valence-electron chi connectivity index (χ1n) is 3.86. The van der Waals surface area contributed by atoms with E-state index in [9.17, 15) is 4.79 Å². The Morgan fingerprint density at radius 1 is 1.73 bits per heavy atom. The Bertz CT molecular complexity index is 149. The molecule has 2 atom stereocenters. The van der Waals surface area contributed by atoms with E-state index in [1.165, 1.54) is 6.92 Å². The SMILES string of the molecule is CC(=O)O[C@H]1CCCN[C@H]1N. The summed E-state index contributed by atoms with van der Waals surface area (Å²) in [5.41, 5.74) is 5.64. The molecule has 0 aliphatic carbocycles. The lowest BCUT2D eigenvalue weighted by molar-refractivity contribution is -0.149. The van der Waals surface area contributed by atoms with E-state index in [1.807, 2.05) is 0 Å². The molecule has 3 N–H and O–H groups in total. The van der Waals surface area contributed by atoms with E-state index in [0.29, 0.717) is 0 Å². The van der Waals surface area contributed by atoms with E-state index in [0.717, 1.165) is 19.4 Å². The van der Waals surface area contributed by atoms with Crippen molar-refractivity contribution >= 4 is 5.97 Å². The van der Waals surface area contributed by atoms with Crippen molar-refractivity contribution < 1.29 is 9.53 Å². The van der Waals surface area contributed by atoms with Crippen molar-refractivity contribution in [2.24, 2.45) is 5.73 Å². The van der Waals surface area contributed by atoms with Crippen LogP contribution in [-0.4, -0.2) is 24.8 Å². The third-order valence-electron chi connectivity index (χ3n) is 1.76. The van der Waals surface area contributed by atoms with Gasteiger partial charge in [-0.2, -0.15) is 0 Å². The van der Waals surface area contributed by atoms with Crippen molar-refractivity contribution in [3.8, 4) is 0 Å². The molecule has 1 fully saturated rings. The summed E-state index contributed by atoms with van der Waals surface area (Å²) in [5, 5.41) is 3.04. The van der Waals surface area contributed by atoms with Crippen molar-refractivity contribution in [2.45, 2.75) is 32.0 Å². The quantitative estimate of drug-likeness (QED) is 0.509. The van der Waals surface area contributed by atoms with Gasteiger partial charge in [-0.1, -0.05) is 0 Å². The fourth-order valence-corrected chi connectivity index (χ4v) is 1.23. The Balaban J connectivity index is 2.35. The average molecular weight is 158 g/mol. The predicted octanol–water partition coefficient (Wildman–Crippen LogP) is -0.414. The van der Waals surface area contributed by atoms with Gasteiger partial charge in [-0.15, -0.1) is 0 Å². The van der Waals surface area contributed by atoms with Gasteiger partial charge in [-0.25, -0.2) is 0 Å². The predicted molar refractivity (Wildman–Crippen MR) is 40.8 cm³/mol. The number of piperidine rings is 1. The molecular weight excluding hydrogens is 144 g/mol. The molecule has 0 spiro atoms. The van der Waals surface area contributed by atoms with E-state index >= 15 is 0 Å². The molecule has 1 rings (SSSR count). The third kappa shape index (κ3) is 2.48. The van der Waals surface area contributed by atoms with E-state index in [1.54, 1.807) is 0 Å². The molecule has 1 saturated heterocycles. The van der Waals surface area contributed by atoms with Crippen LogP contribution in [0.2, 0.25) is 0 Å². The zero-order valence-corrected chi connectivity index (χ0v) is 6.67. The number of nitrogens with two attached hydrogens (primary N) is 1. The number of carbonyl (C=O) groups excluding carboxylic acids is 1. The molecule has 1 aliphatic rings. The van der Waals surface area contributed by atoms with Crippen LogP contribution in [0.1, 0.15) is 19.8 Å². The molecule has 0 unspecified atom stereocenters. The van der Waals surface area contributed by atoms with Crippen LogP contribution in [-0.2, 0) is 9.53 Å². The van der Waals surface area contributed by atoms with Crippen molar-refractivity contribution in [1.82, 2.24) is 5.32 Å². The van der Waals surface area contributed by atoms with Gasteiger partial charge in [0.05, 0.1) is 6.17 Å². The van der Waals surface area contributed by atoms with E-state index < -0.39 is 0 Å². The van der Waals surface area contributed by atoms with Gasteiger partial charge in [-0.05, 0) is 19.4 Å². The zero-order chi connectivity index (χ0) is 8.27. The first kappa shape index (κ1) is 8.49. The molecule has 0 amide bonds. The fraction of sp³-hybridized carbons (Fsp3) is 0.857. The average Bonchev–Trinajstić information content (AvgIpc) is 1.93. The van der Waals surface area contributed by atoms with Crippen molar-refractivity contribution in [3.63, 3.8) is 0 Å². The van der Waals surface area contributed by atoms with Crippen molar-refractivity contribution in [3.05, 3.63) is 0 Å².